The molecule has 25 heavy (non-hydrogen) atoms. The summed E-state index contributed by atoms with van der Waals surface area (Å²) >= 11 is 0. The van der Waals surface area contributed by atoms with Gasteiger partial charge in [-0.2, -0.15) is 0 Å². The Morgan fingerprint density at radius 3 is 2.48 bits per heavy atom. The molecule has 0 aliphatic carbocycles. The predicted molar refractivity (Wildman–Crippen MR) is 93.8 cm³/mol. The number of pyridine rings is 2. The average Bonchev–Trinajstić information content (AvgIpc) is 2.64. The molecule has 0 saturated carbocycles. The maximum atomic E-state index is 10.7. The van der Waals surface area contributed by atoms with Crippen LogP contribution in [0.5, 0.6) is 5.75 Å². The fraction of sp³-hybridized carbons (Fsp3) is 0.412. The van der Waals surface area contributed by atoms with Crippen molar-refractivity contribution in [3.8, 4) is 5.75 Å². The molecule has 0 spiro atoms. The highest BCUT2D eigenvalue weighted by Gasteiger charge is 2.19. The highest BCUT2D eigenvalue weighted by molar-refractivity contribution is 5.43. The van der Waals surface area contributed by atoms with Crippen molar-refractivity contribution in [2.24, 2.45) is 0 Å². The van der Waals surface area contributed by atoms with Crippen LogP contribution in [-0.2, 0) is 6.54 Å². The van der Waals surface area contributed by atoms with Gasteiger partial charge in [0.15, 0.2) is 0 Å². The summed E-state index contributed by atoms with van der Waals surface area (Å²) in [6.07, 6.45) is 3.07. The third-order valence-electron chi connectivity index (χ3n) is 4.13. The SMILES string of the molecule is CCOc1ccc(CN2CCN(c3ccc([N+](=O)[O-])cn3)CC2)nc1. The molecule has 0 aromatic carbocycles. The van der Waals surface area contributed by atoms with E-state index in [2.05, 4.69) is 19.8 Å². The van der Waals surface area contributed by atoms with Crippen LogP contribution in [0, 0.1) is 10.1 Å². The predicted octanol–water partition coefficient (Wildman–Crippen LogP) is 2.11. The van der Waals surface area contributed by atoms with E-state index < -0.39 is 4.92 Å². The normalized spacial score (nSPS) is 15.2. The van der Waals surface area contributed by atoms with Gasteiger partial charge in [0, 0.05) is 38.8 Å². The lowest BCUT2D eigenvalue weighted by atomic mass is 10.2. The zero-order valence-corrected chi connectivity index (χ0v) is 14.2. The lowest BCUT2D eigenvalue weighted by Crippen LogP contribution is -2.46. The Balaban J connectivity index is 1.52. The van der Waals surface area contributed by atoms with Gasteiger partial charge in [-0.25, -0.2) is 4.98 Å². The molecule has 8 nitrogen and oxygen atoms in total. The number of rotatable bonds is 6. The maximum absolute atomic E-state index is 10.7. The Labute approximate surface area is 146 Å². The van der Waals surface area contributed by atoms with Crippen molar-refractivity contribution in [3.63, 3.8) is 0 Å². The Bertz CT molecular complexity index is 697. The van der Waals surface area contributed by atoms with Crippen LogP contribution in [0.25, 0.3) is 0 Å². The fourth-order valence-electron chi connectivity index (χ4n) is 2.79. The van der Waals surface area contributed by atoms with Crippen LogP contribution < -0.4 is 9.64 Å². The number of hydrogen-bond donors (Lipinski definition) is 0. The molecular weight excluding hydrogens is 322 g/mol. The molecule has 3 heterocycles. The minimum absolute atomic E-state index is 0.0176. The van der Waals surface area contributed by atoms with E-state index >= 15 is 0 Å². The second-order valence-electron chi connectivity index (χ2n) is 5.81. The molecule has 1 saturated heterocycles. The van der Waals surface area contributed by atoms with Crippen molar-refractivity contribution in [2.75, 3.05) is 37.7 Å². The summed E-state index contributed by atoms with van der Waals surface area (Å²) in [4.78, 5) is 23.4. The van der Waals surface area contributed by atoms with Crippen LogP contribution >= 0.6 is 0 Å². The standard InChI is InChI=1S/C17H21N5O3/c1-2-25-16-5-3-14(18-12-16)13-20-7-9-21(10-8-20)17-6-4-15(11-19-17)22(23)24/h3-6,11-12H,2,7-10,13H2,1H3. The lowest BCUT2D eigenvalue weighted by molar-refractivity contribution is -0.385. The summed E-state index contributed by atoms with van der Waals surface area (Å²) in [5.41, 5.74) is 1.04. The molecule has 0 N–H and O–H groups in total. The second-order valence-corrected chi connectivity index (χ2v) is 5.81. The molecule has 1 aliphatic rings. The van der Waals surface area contributed by atoms with Crippen molar-refractivity contribution in [1.29, 1.82) is 0 Å². The number of piperazine rings is 1. The van der Waals surface area contributed by atoms with Gasteiger partial charge in [-0.1, -0.05) is 0 Å². The van der Waals surface area contributed by atoms with Gasteiger partial charge in [-0.15, -0.1) is 0 Å². The number of aromatic nitrogens is 2. The molecule has 0 unspecified atom stereocenters. The van der Waals surface area contributed by atoms with E-state index in [1.54, 1.807) is 12.3 Å². The summed E-state index contributed by atoms with van der Waals surface area (Å²) in [6, 6.07) is 7.15. The molecule has 0 amide bonds. The van der Waals surface area contributed by atoms with Gasteiger partial charge in [-0.3, -0.25) is 20.0 Å². The van der Waals surface area contributed by atoms with Crippen molar-refractivity contribution in [2.45, 2.75) is 13.5 Å². The quantitative estimate of drug-likeness (QED) is 0.586. The molecule has 2 aromatic rings. The van der Waals surface area contributed by atoms with Gasteiger partial charge in [-0.05, 0) is 25.1 Å². The maximum Gasteiger partial charge on any atom is 0.287 e. The number of anilines is 1. The Hall–Kier alpha value is -2.74. The number of nitro groups is 1. The summed E-state index contributed by atoms with van der Waals surface area (Å²) < 4.78 is 5.41. The molecule has 2 aromatic heterocycles. The van der Waals surface area contributed by atoms with Gasteiger partial charge >= 0.3 is 0 Å². The molecule has 3 rings (SSSR count). The first-order valence-corrected chi connectivity index (χ1v) is 8.31. The molecule has 0 atom stereocenters. The third kappa shape index (κ3) is 4.42. The average molecular weight is 343 g/mol. The summed E-state index contributed by atoms with van der Waals surface area (Å²) in [5.74, 6) is 1.57. The zero-order valence-electron chi connectivity index (χ0n) is 14.2. The Morgan fingerprint density at radius 2 is 1.92 bits per heavy atom. The van der Waals surface area contributed by atoms with Crippen molar-refractivity contribution >= 4 is 11.5 Å². The summed E-state index contributed by atoms with van der Waals surface area (Å²) in [6.45, 7) is 6.85. The first-order chi connectivity index (χ1) is 12.2. The largest absolute Gasteiger partial charge is 0.492 e. The number of ether oxygens (including phenoxy) is 1. The second kappa shape index (κ2) is 7.89. The monoisotopic (exact) mass is 343 g/mol. The van der Waals surface area contributed by atoms with Crippen LogP contribution in [0.3, 0.4) is 0 Å². The Kier molecular flexibility index (Phi) is 5.39. The third-order valence-corrected chi connectivity index (χ3v) is 4.13. The van der Waals surface area contributed by atoms with E-state index in [1.807, 2.05) is 19.1 Å². The molecule has 132 valence electrons. The first-order valence-electron chi connectivity index (χ1n) is 8.31. The van der Waals surface area contributed by atoms with Crippen LogP contribution in [-0.4, -0.2) is 52.6 Å². The molecule has 0 radical (unpaired) electrons. The van der Waals surface area contributed by atoms with Crippen LogP contribution in [0.2, 0.25) is 0 Å². The fourth-order valence-corrected chi connectivity index (χ4v) is 2.79. The van der Waals surface area contributed by atoms with Crippen LogP contribution in [0.1, 0.15) is 12.6 Å². The van der Waals surface area contributed by atoms with E-state index in [1.165, 1.54) is 12.3 Å². The van der Waals surface area contributed by atoms with Gasteiger partial charge in [0.2, 0.25) is 0 Å². The molecular formula is C17H21N5O3. The number of hydrogen-bond acceptors (Lipinski definition) is 7. The number of nitrogens with zero attached hydrogens (tertiary/aromatic N) is 5. The van der Waals surface area contributed by atoms with E-state index in [0.717, 1.165) is 50.0 Å². The van der Waals surface area contributed by atoms with E-state index in [4.69, 9.17) is 4.74 Å². The highest BCUT2D eigenvalue weighted by atomic mass is 16.6. The Morgan fingerprint density at radius 1 is 1.12 bits per heavy atom. The molecule has 1 fully saturated rings. The van der Waals surface area contributed by atoms with Crippen LogP contribution in [0.15, 0.2) is 36.7 Å². The smallest absolute Gasteiger partial charge is 0.287 e. The summed E-state index contributed by atoms with van der Waals surface area (Å²) in [7, 11) is 0. The van der Waals surface area contributed by atoms with E-state index in [0.29, 0.717) is 6.61 Å². The van der Waals surface area contributed by atoms with Gasteiger partial charge in [0.25, 0.3) is 5.69 Å². The molecule has 8 heteroatoms. The van der Waals surface area contributed by atoms with Crippen molar-refractivity contribution in [3.05, 3.63) is 52.5 Å². The van der Waals surface area contributed by atoms with E-state index in [-0.39, 0.29) is 5.69 Å². The minimum Gasteiger partial charge on any atom is -0.492 e. The highest BCUT2D eigenvalue weighted by Crippen LogP contribution is 2.18. The summed E-state index contributed by atoms with van der Waals surface area (Å²) in [5, 5.41) is 10.7. The molecule has 0 bridgehead atoms. The van der Waals surface area contributed by atoms with Gasteiger partial charge < -0.3 is 9.64 Å². The van der Waals surface area contributed by atoms with E-state index in [9.17, 15) is 10.1 Å². The van der Waals surface area contributed by atoms with Crippen LogP contribution in [0.4, 0.5) is 11.5 Å². The molecule has 1 aliphatic heterocycles. The minimum atomic E-state index is -0.432. The van der Waals surface area contributed by atoms with Crippen molar-refractivity contribution < 1.29 is 9.66 Å². The lowest BCUT2D eigenvalue weighted by Gasteiger charge is -2.35. The topological polar surface area (TPSA) is 84.6 Å². The van der Waals surface area contributed by atoms with Gasteiger partial charge in [0.1, 0.15) is 17.8 Å². The first kappa shape index (κ1) is 17.1. The van der Waals surface area contributed by atoms with Gasteiger partial charge in [0.05, 0.1) is 23.4 Å². The van der Waals surface area contributed by atoms with Crippen molar-refractivity contribution in [1.82, 2.24) is 14.9 Å². The zero-order chi connectivity index (χ0) is 17.6.